The number of rotatable bonds is 8. The molecule has 0 spiro atoms. The lowest BCUT2D eigenvalue weighted by Gasteiger charge is -2.28. The molecular formula is C25H30F4. The second-order valence-corrected chi connectivity index (χ2v) is 8.44. The molecule has 3 rings (SSSR count). The van der Waals surface area contributed by atoms with Crippen molar-refractivity contribution in [2.75, 3.05) is 0 Å². The fourth-order valence-corrected chi connectivity index (χ4v) is 4.60. The smallest absolute Gasteiger partial charge is 0.133 e. The van der Waals surface area contributed by atoms with Crippen LogP contribution in [0.25, 0.3) is 11.1 Å². The Kier molecular flexibility index (Phi) is 7.74. The maximum atomic E-state index is 14.6. The van der Waals surface area contributed by atoms with Crippen LogP contribution in [0.4, 0.5) is 17.6 Å². The summed E-state index contributed by atoms with van der Waals surface area (Å²) in [5.41, 5.74) is -0.472. The van der Waals surface area contributed by atoms with Crippen molar-refractivity contribution in [3.05, 3.63) is 59.2 Å². The van der Waals surface area contributed by atoms with Crippen molar-refractivity contribution in [2.24, 2.45) is 11.8 Å². The molecule has 0 heterocycles. The topological polar surface area (TPSA) is 0 Å². The van der Waals surface area contributed by atoms with Crippen molar-refractivity contribution >= 4 is 0 Å². The Hall–Kier alpha value is -1.84. The van der Waals surface area contributed by atoms with Crippen molar-refractivity contribution in [3.63, 3.8) is 0 Å². The summed E-state index contributed by atoms with van der Waals surface area (Å²) in [6, 6.07) is 5.49. The Balaban J connectivity index is 1.60. The first-order valence-corrected chi connectivity index (χ1v) is 10.9. The Morgan fingerprint density at radius 1 is 0.759 bits per heavy atom. The van der Waals surface area contributed by atoms with E-state index in [9.17, 15) is 17.6 Å². The van der Waals surface area contributed by atoms with Crippen LogP contribution in [0.5, 0.6) is 0 Å². The van der Waals surface area contributed by atoms with E-state index in [4.69, 9.17) is 0 Å². The zero-order valence-electron chi connectivity index (χ0n) is 17.1. The van der Waals surface area contributed by atoms with Crippen molar-refractivity contribution < 1.29 is 17.6 Å². The highest BCUT2D eigenvalue weighted by Gasteiger charge is 2.22. The molecule has 158 valence electrons. The lowest BCUT2D eigenvalue weighted by molar-refractivity contribution is 0.248. The summed E-state index contributed by atoms with van der Waals surface area (Å²) >= 11 is 0. The van der Waals surface area contributed by atoms with Crippen LogP contribution in [-0.4, -0.2) is 0 Å². The van der Waals surface area contributed by atoms with E-state index in [0.29, 0.717) is 12.3 Å². The predicted molar refractivity (Wildman–Crippen MR) is 110 cm³/mol. The Morgan fingerprint density at radius 3 is 1.86 bits per heavy atom. The van der Waals surface area contributed by atoms with Gasteiger partial charge in [0.05, 0.1) is 5.56 Å². The van der Waals surface area contributed by atoms with E-state index < -0.39 is 28.8 Å². The van der Waals surface area contributed by atoms with E-state index >= 15 is 0 Å². The van der Waals surface area contributed by atoms with Crippen LogP contribution in [0.2, 0.25) is 0 Å². The number of hydrogen-bond donors (Lipinski definition) is 0. The van der Waals surface area contributed by atoms with Gasteiger partial charge in [0, 0.05) is 5.56 Å². The lowest BCUT2D eigenvalue weighted by atomic mass is 9.77. The summed E-state index contributed by atoms with van der Waals surface area (Å²) in [7, 11) is 0. The molecule has 0 unspecified atom stereocenters. The normalized spacial score (nSPS) is 19.5. The van der Waals surface area contributed by atoms with Crippen LogP contribution < -0.4 is 0 Å². The molecule has 0 radical (unpaired) electrons. The largest absolute Gasteiger partial charge is 0.207 e. The van der Waals surface area contributed by atoms with E-state index in [0.717, 1.165) is 49.4 Å². The summed E-state index contributed by atoms with van der Waals surface area (Å²) in [4.78, 5) is 0. The first-order chi connectivity index (χ1) is 14.0. The maximum absolute atomic E-state index is 14.6. The summed E-state index contributed by atoms with van der Waals surface area (Å²) in [5, 5.41) is 0. The molecule has 2 aromatic carbocycles. The summed E-state index contributed by atoms with van der Waals surface area (Å²) < 4.78 is 57.0. The van der Waals surface area contributed by atoms with Crippen LogP contribution in [-0.2, 0) is 6.42 Å². The molecule has 0 saturated heterocycles. The third-order valence-corrected chi connectivity index (χ3v) is 6.38. The van der Waals surface area contributed by atoms with Crippen LogP contribution in [0, 0.1) is 35.1 Å². The van der Waals surface area contributed by atoms with Gasteiger partial charge in [0.25, 0.3) is 0 Å². The predicted octanol–water partition coefficient (Wildman–Crippen LogP) is 8.23. The average molecular weight is 407 g/mol. The SMILES string of the molecule is CCCCC[C@H]1CC[C@H](CCc2c(F)cc(-c3c(F)cccc3F)cc2F)CC1. The van der Waals surface area contributed by atoms with Gasteiger partial charge in [-0.15, -0.1) is 0 Å². The van der Waals surface area contributed by atoms with Gasteiger partial charge in [-0.2, -0.15) is 0 Å². The Morgan fingerprint density at radius 2 is 1.31 bits per heavy atom. The van der Waals surface area contributed by atoms with E-state index in [2.05, 4.69) is 6.92 Å². The summed E-state index contributed by atoms with van der Waals surface area (Å²) in [6.45, 7) is 2.22. The van der Waals surface area contributed by atoms with Crippen LogP contribution in [0.3, 0.4) is 0 Å². The van der Waals surface area contributed by atoms with Crippen molar-refractivity contribution in [2.45, 2.75) is 71.1 Å². The highest BCUT2D eigenvalue weighted by molar-refractivity contribution is 5.65. The van der Waals surface area contributed by atoms with Gasteiger partial charge in [-0.05, 0) is 54.5 Å². The lowest BCUT2D eigenvalue weighted by Crippen LogP contribution is -2.15. The third-order valence-electron chi connectivity index (χ3n) is 6.38. The molecule has 29 heavy (non-hydrogen) atoms. The van der Waals surface area contributed by atoms with Gasteiger partial charge >= 0.3 is 0 Å². The van der Waals surface area contributed by atoms with Gasteiger partial charge < -0.3 is 0 Å². The number of unbranched alkanes of at least 4 members (excludes halogenated alkanes) is 2. The Labute approximate surface area is 171 Å². The minimum atomic E-state index is -0.827. The average Bonchev–Trinajstić information content (AvgIpc) is 2.68. The van der Waals surface area contributed by atoms with Gasteiger partial charge in [0.2, 0.25) is 0 Å². The molecule has 1 fully saturated rings. The molecule has 1 aliphatic carbocycles. The van der Waals surface area contributed by atoms with Crippen molar-refractivity contribution in [3.8, 4) is 11.1 Å². The van der Waals surface area contributed by atoms with Gasteiger partial charge in [-0.1, -0.05) is 64.4 Å². The molecule has 0 nitrogen and oxygen atoms in total. The first-order valence-electron chi connectivity index (χ1n) is 10.9. The van der Waals surface area contributed by atoms with Crippen molar-refractivity contribution in [1.29, 1.82) is 0 Å². The second kappa shape index (κ2) is 10.3. The summed E-state index contributed by atoms with van der Waals surface area (Å²) in [5.74, 6) is -1.80. The molecule has 1 aliphatic rings. The van der Waals surface area contributed by atoms with Crippen LogP contribution in [0.1, 0.15) is 70.3 Å². The zero-order chi connectivity index (χ0) is 20.8. The van der Waals surface area contributed by atoms with E-state index in [1.807, 2.05) is 0 Å². The highest BCUT2D eigenvalue weighted by atomic mass is 19.1. The molecule has 1 saturated carbocycles. The molecule has 2 aromatic rings. The number of benzene rings is 2. The monoisotopic (exact) mass is 406 g/mol. The molecule has 0 aliphatic heterocycles. The molecule has 0 aromatic heterocycles. The van der Waals surface area contributed by atoms with E-state index in [1.165, 1.54) is 44.6 Å². The minimum Gasteiger partial charge on any atom is -0.207 e. The van der Waals surface area contributed by atoms with Gasteiger partial charge in [-0.3, -0.25) is 0 Å². The van der Waals surface area contributed by atoms with Crippen LogP contribution in [0.15, 0.2) is 30.3 Å². The first kappa shape index (κ1) is 21.9. The fraction of sp³-hybridized carbons (Fsp3) is 0.520. The third kappa shape index (κ3) is 5.61. The fourth-order valence-electron chi connectivity index (χ4n) is 4.60. The zero-order valence-corrected chi connectivity index (χ0v) is 17.1. The molecule has 4 heteroatoms. The van der Waals surface area contributed by atoms with Gasteiger partial charge in [-0.25, -0.2) is 17.6 Å². The van der Waals surface area contributed by atoms with E-state index in [-0.39, 0.29) is 11.1 Å². The number of hydrogen-bond acceptors (Lipinski definition) is 0. The van der Waals surface area contributed by atoms with Crippen LogP contribution >= 0.6 is 0 Å². The quantitative estimate of drug-likeness (QED) is 0.306. The maximum Gasteiger partial charge on any atom is 0.133 e. The number of halogens is 4. The van der Waals surface area contributed by atoms with Gasteiger partial charge in [0.15, 0.2) is 0 Å². The second-order valence-electron chi connectivity index (χ2n) is 8.44. The molecule has 0 atom stereocenters. The summed E-state index contributed by atoms with van der Waals surface area (Å²) in [6.07, 6.45) is 10.9. The van der Waals surface area contributed by atoms with E-state index in [1.54, 1.807) is 0 Å². The Bertz CT molecular complexity index is 763. The molecule has 0 bridgehead atoms. The molecular weight excluding hydrogens is 376 g/mol. The van der Waals surface area contributed by atoms with Gasteiger partial charge in [0.1, 0.15) is 23.3 Å². The molecule has 0 amide bonds. The molecule has 0 N–H and O–H groups in total. The van der Waals surface area contributed by atoms with Crippen molar-refractivity contribution in [1.82, 2.24) is 0 Å². The highest BCUT2D eigenvalue weighted by Crippen LogP contribution is 2.35. The minimum absolute atomic E-state index is 0.0237. The standard InChI is InChI=1S/C25H30F4/c1-2-3-4-6-17-9-11-18(12-10-17)13-14-20-23(28)15-19(16-24(20)29)25-21(26)7-5-8-22(25)27/h5,7-8,15-18H,2-4,6,9-14H2,1H3/t17-,18-.